The second-order valence-electron chi connectivity index (χ2n) is 4.22. The molecule has 0 amide bonds. The lowest BCUT2D eigenvalue weighted by atomic mass is 9.96. The number of likely N-dealkylation sites (tertiary alicyclic amines) is 1. The van der Waals surface area contributed by atoms with Crippen molar-refractivity contribution in [1.29, 1.82) is 0 Å². The summed E-state index contributed by atoms with van der Waals surface area (Å²) in [5, 5.41) is 21.5. The largest absolute Gasteiger partial charge is 0.411 e. The van der Waals surface area contributed by atoms with Gasteiger partial charge in [-0.25, -0.2) is 0 Å². The number of nitrogens with zero attached hydrogens (tertiary/aromatic N) is 2. The highest BCUT2D eigenvalue weighted by atomic mass is 16.4. The summed E-state index contributed by atoms with van der Waals surface area (Å²) < 4.78 is 0. The van der Waals surface area contributed by atoms with Gasteiger partial charge in [-0.05, 0) is 13.8 Å². The van der Waals surface area contributed by atoms with Crippen molar-refractivity contribution >= 4 is 5.71 Å². The van der Waals surface area contributed by atoms with Gasteiger partial charge in [0, 0.05) is 31.5 Å². The zero-order valence-corrected chi connectivity index (χ0v) is 9.14. The molecule has 3 unspecified atom stereocenters. The van der Waals surface area contributed by atoms with Crippen LogP contribution in [0.1, 0.15) is 27.2 Å². The fourth-order valence-corrected chi connectivity index (χ4v) is 1.88. The van der Waals surface area contributed by atoms with Gasteiger partial charge < -0.3 is 10.3 Å². The summed E-state index contributed by atoms with van der Waals surface area (Å²) in [4.78, 5) is 2.24. The predicted molar refractivity (Wildman–Crippen MR) is 55.7 cm³/mol. The molecule has 1 rings (SSSR count). The number of rotatable bonds is 2. The highest BCUT2D eigenvalue weighted by molar-refractivity contribution is 5.87. The highest BCUT2D eigenvalue weighted by Crippen LogP contribution is 2.17. The van der Waals surface area contributed by atoms with Crippen molar-refractivity contribution < 1.29 is 10.3 Å². The Morgan fingerprint density at radius 3 is 2.57 bits per heavy atom. The average Bonchev–Trinajstić information content (AvgIpc) is 2.16. The van der Waals surface area contributed by atoms with Gasteiger partial charge in [0.25, 0.3) is 0 Å². The zero-order valence-electron chi connectivity index (χ0n) is 9.14. The van der Waals surface area contributed by atoms with Gasteiger partial charge in [-0.2, -0.15) is 0 Å². The number of oxime groups is 1. The van der Waals surface area contributed by atoms with Crippen molar-refractivity contribution in [2.24, 2.45) is 11.1 Å². The molecule has 1 fully saturated rings. The average molecular weight is 200 g/mol. The van der Waals surface area contributed by atoms with Crippen LogP contribution in [0.4, 0.5) is 0 Å². The van der Waals surface area contributed by atoms with E-state index < -0.39 is 0 Å². The molecule has 0 saturated carbocycles. The fraction of sp³-hybridized carbons (Fsp3) is 0.900. The summed E-state index contributed by atoms with van der Waals surface area (Å²) in [5.74, 6) is 0.287. The van der Waals surface area contributed by atoms with Gasteiger partial charge in [0.15, 0.2) is 0 Å². The smallest absolute Gasteiger partial charge is 0.0664 e. The summed E-state index contributed by atoms with van der Waals surface area (Å²) in [6.07, 6.45) is 0.490. The summed E-state index contributed by atoms with van der Waals surface area (Å²) in [5.41, 5.74) is 0.874. The molecule has 2 N–H and O–H groups in total. The van der Waals surface area contributed by atoms with E-state index in [0.717, 1.165) is 25.2 Å². The van der Waals surface area contributed by atoms with Crippen LogP contribution in [-0.4, -0.2) is 46.2 Å². The van der Waals surface area contributed by atoms with E-state index in [1.165, 1.54) is 0 Å². The first-order valence-corrected chi connectivity index (χ1v) is 5.19. The van der Waals surface area contributed by atoms with Gasteiger partial charge in [0.1, 0.15) is 0 Å². The Hall–Kier alpha value is -0.610. The third-order valence-corrected chi connectivity index (χ3v) is 3.13. The monoisotopic (exact) mass is 200 g/mol. The Morgan fingerprint density at radius 1 is 1.50 bits per heavy atom. The summed E-state index contributed by atoms with van der Waals surface area (Å²) in [7, 11) is 0. The lowest BCUT2D eigenvalue weighted by molar-refractivity contribution is 0.0626. The number of aliphatic hydroxyl groups is 1. The van der Waals surface area contributed by atoms with E-state index in [2.05, 4.69) is 17.0 Å². The van der Waals surface area contributed by atoms with Crippen LogP contribution in [0.25, 0.3) is 0 Å². The molecule has 0 spiro atoms. The molecule has 1 aliphatic rings. The SMILES string of the molecule is CC1CN(C(C)C(C)O)CCC1=NO. The van der Waals surface area contributed by atoms with Gasteiger partial charge in [-0.3, -0.25) is 4.90 Å². The molecule has 0 aromatic carbocycles. The molecule has 4 heteroatoms. The predicted octanol–water partition coefficient (Wildman–Crippen LogP) is 0.928. The third-order valence-electron chi connectivity index (χ3n) is 3.13. The van der Waals surface area contributed by atoms with Crippen molar-refractivity contribution in [3.05, 3.63) is 0 Å². The molecule has 4 nitrogen and oxygen atoms in total. The molecular weight excluding hydrogens is 180 g/mol. The van der Waals surface area contributed by atoms with Crippen molar-refractivity contribution in [3.8, 4) is 0 Å². The maximum Gasteiger partial charge on any atom is 0.0664 e. The first-order valence-electron chi connectivity index (χ1n) is 5.19. The standard InChI is InChI=1S/C10H20N2O2/c1-7-6-12(8(2)9(3)13)5-4-10(7)11-14/h7-9,13-14H,4-6H2,1-3H3. The van der Waals surface area contributed by atoms with Crippen LogP contribution in [0.5, 0.6) is 0 Å². The normalized spacial score (nSPS) is 31.7. The Morgan fingerprint density at radius 2 is 2.14 bits per heavy atom. The van der Waals surface area contributed by atoms with Crippen LogP contribution in [0, 0.1) is 5.92 Å². The molecule has 0 aromatic rings. The lowest BCUT2D eigenvalue weighted by Crippen LogP contribution is -2.48. The minimum atomic E-state index is -0.310. The van der Waals surface area contributed by atoms with Crippen LogP contribution < -0.4 is 0 Å². The van der Waals surface area contributed by atoms with Gasteiger partial charge in [0.05, 0.1) is 11.8 Å². The van der Waals surface area contributed by atoms with Crippen molar-refractivity contribution in [2.45, 2.75) is 39.3 Å². The minimum absolute atomic E-state index is 0.178. The van der Waals surface area contributed by atoms with Gasteiger partial charge in [0.2, 0.25) is 0 Å². The Bertz CT molecular complexity index is 216. The summed E-state index contributed by atoms with van der Waals surface area (Å²) >= 11 is 0. The van der Waals surface area contributed by atoms with E-state index in [9.17, 15) is 5.11 Å². The van der Waals surface area contributed by atoms with Gasteiger partial charge >= 0.3 is 0 Å². The quantitative estimate of drug-likeness (QED) is 0.515. The zero-order chi connectivity index (χ0) is 10.7. The van der Waals surface area contributed by atoms with E-state index in [-0.39, 0.29) is 18.1 Å². The number of piperidine rings is 1. The number of aliphatic hydroxyl groups excluding tert-OH is 1. The molecule has 3 atom stereocenters. The van der Waals surface area contributed by atoms with Gasteiger partial charge in [-0.1, -0.05) is 12.1 Å². The molecule has 82 valence electrons. The van der Waals surface area contributed by atoms with Crippen LogP contribution in [0.15, 0.2) is 5.16 Å². The van der Waals surface area contributed by atoms with E-state index >= 15 is 0 Å². The van der Waals surface area contributed by atoms with Crippen LogP contribution in [0.3, 0.4) is 0 Å². The Kier molecular flexibility index (Phi) is 3.89. The van der Waals surface area contributed by atoms with Gasteiger partial charge in [-0.15, -0.1) is 0 Å². The van der Waals surface area contributed by atoms with Crippen LogP contribution in [-0.2, 0) is 0 Å². The molecule has 0 radical (unpaired) electrons. The first kappa shape index (κ1) is 11.5. The molecule has 14 heavy (non-hydrogen) atoms. The molecule has 1 saturated heterocycles. The molecule has 1 aliphatic heterocycles. The first-order chi connectivity index (χ1) is 6.56. The van der Waals surface area contributed by atoms with E-state index in [0.29, 0.717) is 0 Å². The fourth-order valence-electron chi connectivity index (χ4n) is 1.88. The van der Waals surface area contributed by atoms with Crippen molar-refractivity contribution in [2.75, 3.05) is 13.1 Å². The second-order valence-corrected chi connectivity index (χ2v) is 4.22. The second kappa shape index (κ2) is 4.75. The van der Waals surface area contributed by atoms with E-state index in [1.54, 1.807) is 0 Å². The molecule has 0 aliphatic carbocycles. The molecular formula is C10H20N2O2. The summed E-state index contributed by atoms with van der Waals surface area (Å²) in [6, 6.07) is 0.178. The maximum atomic E-state index is 9.46. The number of hydrogen-bond acceptors (Lipinski definition) is 4. The topological polar surface area (TPSA) is 56.1 Å². The third kappa shape index (κ3) is 2.45. The number of hydrogen-bond donors (Lipinski definition) is 2. The van der Waals surface area contributed by atoms with Crippen molar-refractivity contribution in [1.82, 2.24) is 4.90 Å². The molecule has 1 heterocycles. The Balaban J connectivity index is 2.54. The molecule has 0 aromatic heterocycles. The van der Waals surface area contributed by atoms with Crippen molar-refractivity contribution in [3.63, 3.8) is 0 Å². The van der Waals surface area contributed by atoms with E-state index in [4.69, 9.17) is 5.21 Å². The minimum Gasteiger partial charge on any atom is -0.411 e. The van der Waals surface area contributed by atoms with Crippen LogP contribution >= 0.6 is 0 Å². The Labute approximate surface area is 85.2 Å². The van der Waals surface area contributed by atoms with Crippen LogP contribution in [0.2, 0.25) is 0 Å². The highest BCUT2D eigenvalue weighted by Gasteiger charge is 2.27. The lowest BCUT2D eigenvalue weighted by Gasteiger charge is -2.37. The van der Waals surface area contributed by atoms with E-state index in [1.807, 2.05) is 13.8 Å². The summed E-state index contributed by atoms with van der Waals surface area (Å²) in [6.45, 7) is 7.63. The molecule has 0 bridgehead atoms. The maximum absolute atomic E-state index is 9.46.